The highest BCUT2D eigenvalue weighted by atomic mass is 16.3. The molecule has 9 rings (SSSR count). The van der Waals surface area contributed by atoms with Gasteiger partial charge in [0, 0.05) is 50.1 Å². The molecule has 0 saturated carbocycles. The summed E-state index contributed by atoms with van der Waals surface area (Å²) in [7, 11) is 0. The number of para-hydroxylation sites is 2. The van der Waals surface area contributed by atoms with Gasteiger partial charge in [0.15, 0.2) is 0 Å². The van der Waals surface area contributed by atoms with E-state index in [0.29, 0.717) is 5.56 Å². The lowest BCUT2D eigenvalue weighted by molar-refractivity contribution is 0.477. The van der Waals surface area contributed by atoms with E-state index in [1.54, 1.807) is 6.07 Å². The molecule has 0 radical (unpaired) electrons. The summed E-state index contributed by atoms with van der Waals surface area (Å²) in [6.45, 7) is 17.7. The molecule has 0 aliphatic carbocycles. The number of phenols is 1. The molecule has 0 fully saturated rings. The third-order valence-electron chi connectivity index (χ3n) is 11.5. The number of phenolic OH excluding ortho intramolecular Hbond substituents is 1. The molecule has 5 heteroatoms. The highest BCUT2D eigenvalue weighted by Gasteiger charge is 2.22. The average molecular weight is 783 g/mol. The Bertz CT molecular complexity index is 3050. The van der Waals surface area contributed by atoms with Crippen LogP contribution >= 0.6 is 0 Å². The predicted octanol–water partition coefficient (Wildman–Crippen LogP) is 14.2. The summed E-state index contributed by atoms with van der Waals surface area (Å²) in [5.41, 5.74) is 17.0. The van der Waals surface area contributed by atoms with Crippen molar-refractivity contribution in [3.05, 3.63) is 174 Å². The van der Waals surface area contributed by atoms with Crippen molar-refractivity contribution in [3.63, 3.8) is 0 Å². The molecule has 5 aromatic carbocycles. The van der Waals surface area contributed by atoms with Gasteiger partial charge in [-0.15, -0.1) is 0 Å². The first-order valence-electron chi connectivity index (χ1n) is 20.7. The number of pyridine rings is 3. The van der Waals surface area contributed by atoms with Gasteiger partial charge in [0.2, 0.25) is 0 Å². The van der Waals surface area contributed by atoms with E-state index in [4.69, 9.17) is 9.97 Å². The van der Waals surface area contributed by atoms with Crippen molar-refractivity contribution >= 4 is 21.8 Å². The van der Waals surface area contributed by atoms with Crippen LogP contribution < -0.4 is 0 Å². The van der Waals surface area contributed by atoms with Crippen LogP contribution in [0.5, 0.6) is 5.75 Å². The van der Waals surface area contributed by atoms with Crippen LogP contribution in [-0.4, -0.2) is 24.6 Å². The minimum absolute atomic E-state index is 0.0374. The normalized spacial score (nSPS) is 12.1. The Morgan fingerprint density at radius 1 is 0.417 bits per heavy atom. The predicted molar refractivity (Wildman–Crippen MR) is 250 cm³/mol. The monoisotopic (exact) mass is 782 g/mol. The lowest BCUT2D eigenvalue weighted by atomic mass is 9.79. The summed E-state index contributed by atoms with van der Waals surface area (Å²) in [5, 5.41) is 13.4. The maximum Gasteiger partial charge on any atom is 0.124 e. The first kappa shape index (κ1) is 38.7. The van der Waals surface area contributed by atoms with E-state index in [-0.39, 0.29) is 16.6 Å². The van der Waals surface area contributed by atoms with E-state index < -0.39 is 0 Å². The van der Waals surface area contributed by atoms with Crippen molar-refractivity contribution in [1.29, 1.82) is 0 Å². The van der Waals surface area contributed by atoms with Gasteiger partial charge in [-0.3, -0.25) is 4.98 Å². The molecule has 296 valence electrons. The van der Waals surface area contributed by atoms with Crippen molar-refractivity contribution in [2.45, 2.75) is 66.2 Å². The third kappa shape index (κ3) is 7.37. The molecule has 60 heavy (non-hydrogen) atoms. The van der Waals surface area contributed by atoms with Crippen LogP contribution in [-0.2, 0) is 10.8 Å². The zero-order valence-electron chi connectivity index (χ0n) is 35.7. The number of fused-ring (bicyclic) bond motifs is 3. The van der Waals surface area contributed by atoms with Crippen LogP contribution in [0.1, 0.15) is 64.1 Å². The largest absolute Gasteiger partial charge is 0.507 e. The van der Waals surface area contributed by atoms with Gasteiger partial charge in [-0.2, -0.15) is 0 Å². The molecule has 0 aliphatic rings. The van der Waals surface area contributed by atoms with Gasteiger partial charge in [0.25, 0.3) is 0 Å². The molecule has 0 bridgehead atoms. The Morgan fingerprint density at radius 3 is 1.65 bits per heavy atom. The van der Waals surface area contributed by atoms with Crippen LogP contribution in [0.4, 0.5) is 0 Å². The minimum atomic E-state index is -0.0374. The minimum Gasteiger partial charge on any atom is -0.507 e. The van der Waals surface area contributed by atoms with Crippen molar-refractivity contribution in [3.8, 4) is 67.6 Å². The average Bonchev–Trinajstić information content (AvgIpc) is 3.56. The molecule has 5 nitrogen and oxygen atoms in total. The number of aryl methyl sites for hydroxylation is 2. The van der Waals surface area contributed by atoms with E-state index >= 15 is 0 Å². The first-order valence-corrected chi connectivity index (χ1v) is 20.7. The zero-order chi connectivity index (χ0) is 41.9. The number of hydrogen-bond acceptors (Lipinski definition) is 4. The van der Waals surface area contributed by atoms with E-state index in [0.717, 1.165) is 78.7 Å². The van der Waals surface area contributed by atoms with Crippen LogP contribution in [0.3, 0.4) is 0 Å². The van der Waals surface area contributed by atoms with Gasteiger partial charge in [0.05, 0.1) is 33.8 Å². The standard InChI is InChI=1S/C55H50N4O/c1-34-25-43(26-35(2)56-34)59-51-21-11-9-17-44(51)45-24-23-38(32-52(45)59)48-20-14-19-47(57-48)36-15-13-16-37(27-36)49-30-40(31-50(58-49)46-18-10-12-22-53(46)60)39-28-41(54(3,4)5)33-42(29-39)55(6,7)8/h9-33,60H,1-8H3. The Morgan fingerprint density at radius 2 is 0.967 bits per heavy atom. The summed E-state index contributed by atoms with van der Waals surface area (Å²) in [6.07, 6.45) is 0. The SMILES string of the molecule is Cc1cc(-n2c3ccccc3c3ccc(-c4cccc(-c5cccc(-c6cc(-c7cc(C(C)(C)C)cc(C(C)(C)C)c7)cc(-c7ccccc7O)n6)c5)n4)cc32)cc(C)n1. The number of benzene rings is 5. The van der Waals surface area contributed by atoms with E-state index in [1.807, 2.05) is 18.2 Å². The maximum absolute atomic E-state index is 11.0. The smallest absolute Gasteiger partial charge is 0.124 e. The van der Waals surface area contributed by atoms with Gasteiger partial charge in [-0.1, -0.05) is 126 Å². The van der Waals surface area contributed by atoms with Gasteiger partial charge in [-0.05, 0) is 114 Å². The summed E-state index contributed by atoms with van der Waals surface area (Å²) in [5.74, 6) is 0.200. The van der Waals surface area contributed by atoms with Crippen molar-refractivity contribution in [2.75, 3.05) is 0 Å². The number of rotatable bonds is 6. The van der Waals surface area contributed by atoms with Crippen LogP contribution in [0.15, 0.2) is 152 Å². The van der Waals surface area contributed by atoms with Crippen LogP contribution in [0.2, 0.25) is 0 Å². The quantitative estimate of drug-likeness (QED) is 0.182. The van der Waals surface area contributed by atoms with E-state index in [1.165, 1.54) is 21.9 Å². The first-order chi connectivity index (χ1) is 28.7. The molecule has 0 amide bonds. The van der Waals surface area contributed by atoms with Crippen molar-refractivity contribution in [1.82, 2.24) is 19.5 Å². The van der Waals surface area contributed by atoms with Crippen LogP contribution in [0.25, 0.3) is 83.6 Å². The Labute approximate surface area is 353 Å². The Balaban J connectivity index is 1.15. The number of aromatic hydroxyl groups is 1. The van der Waals surface area contributed by atoms with E-state index in [2.05, 4.69) is 192 Å². The van der Waals surface area contributed by atoms with Gasteiger partial charge < -0.3 is 9.67 Å². The molecule has 0 spiro atoms. The Hall–Kier alpha value is -6.85. The third-order valence-corrected chi connectivity index (χ3v) is 11.5. The van der Waals surface area contributed by atoms with Gasteiger partial charge in [0.1, 0.15) is 5.75 Å². The van der Waals surface area contributed by atoms with Gasteiger partial charge >= 0.3 is 0 Å². The molecule has 9 aromatic rings. The fourth-order valence-corrected chi connectivity index (χ4v) is 8.28. The van der Waals surface area contributed by atoms with E-state index in [9.17, 15) is 5.11 Å². The highest BCUT2D eigenvalue weighted by molar-refractivity contribution is 6.10. The van der Waals surface area contributed by atoms with Crippen LogP contribution in [0, 0.1) is 13.8 Å². The summed E-state index contributed by atoms with van der Waals surface area (Å²) < 4.78 is 2.34. The number of hydrogen-bond donors (Lipinski definition) is 1. The lowest BCUT2D eigenvalue weighted by Gasteiger charge is -2.26. The second-order valence-corrected chi connectivity index (χ2v) is 18.1. The zero-order valence-corrected chi connectivity index (χ0v) is 35.7. The number of nitrogens with zero attached hydrogens (tertiary/aromatic N) is 4. The second-order valence-electron chi connectivity index (χ2n) is 18.1. The molecule has 0 saturated heterocycles. The molecule has 4 heterocycles. The molecule has 0 atom stereocenters. The lowest BCUT2D eigenvalue weighted by Crippen LogP contribution is -2.16. The molecule has 1 N–H and O–H groups in total. The fourth-order valence-electron chi connectivity index (χ4n) is 8.28. The summed E-state index contributed by atoms with van der Waals surface area (Å²) in [4.78, 5) is 15.1. The fraction of sp³-hybridized carbons (Fsp3) is 0.182. The highest BCUT2D eigenvalue weighted by Crippen LogP contribution is 2.39. The molecular weight excluding hydrogens is 733 g/mol. The molecule has 4 aromatic heterocycles. The maximum atomic E-state index is 11.0. The second kappa shape index (κ2) is 14.8. The Kier molecular flexibility index (Phi) is 9.51. The van der Waals surface area contributed by atoms with Gasteiger partial charge in [-0.25, -0.2) is 9.97 Å². The topological polar surface area (TPSA) is 63.8 Å². The summed E-state index contributed by atoms with van der Waals surface area (Å²) in [6, 6.07) is 53.0. The molecule has 0 unspecified atom stereocenters. The number of aromatic nitrogens is 4. The molecular formula is C55H50N4O. The van der Waals surface area contributed by atoms with Crippen molar-refractivity contribution < 1.29 is 5.11 Å². The molecule has 0 aliphatic heterocycles. The van der Waals surface area contributed by atoms with Crippen molar-refractivity contribution in [2.24, 2.45) is 0 Å². The summed E-state index contributed by atoms with van der Waals surface area (Å²) >= 11 is 0.